The molecule has 1 aromatic rings. The highest BCUT2D eigenvalue weighted by molar-refractivity contribution is 5.61. The molecule has 0 heterocycles. The Balaban J connectivity index is 2.69. The Morgan fingerprint density at radius 1 is 1.29 bits per heavy atom. The van der Waals surface area contributed by atoms with Gasteiger partial charge in [0.1, 0.15) is 0 Å². The zero-order valence-electron chi connectivity index (χ0n) is 11.5. The van der Waals surface area contributed by atoms with Crippen molar-refractivity contribution in [2.75, 3.05) is 30.9 Å². The molecule has 0 fully saturated rings. The van der Waals surface area contributed by atoms with Crippen LogP contribution in [-0.2, 0) is 0 Å². The van der Waals surface area contributed by atoms with Gasteiger partial charge in [0.2, 0.25) is 0 Å². The quantitative estimate of drug-likeness (QED) is 0.824. The molecular weight excluding hydrogens is 212 g/mol. The van der Waals surface area contributed by atoms with E-state index in [1.54, 1.807) is 0 Å². The Morgan fingerprint density at radius 3 is 2.47 bits per heavy atom. The number of aliphatic hydroxyl groups excluding tert-OH is 1. The van der Waals surface area contributed by atoms with E-state index in [-0.39, 0.29) is 12.0 Å². The van der Waals surface area contributed by atoms with Crippen molar-refractivity contribution < 1.29 is 5.11 Å². The number of aryl methyl sites for hydroxylation is 1. The van der Waals surface area contributed by atoms with Crippen LogP contribution in [0.5, 0.6) is 0 Å². The number of aliphatic hydroxyl groups is 1. The molecule has 3 heteroatoms. The van der Waals surface area contributed by atoms with Gasteiger partial charge in [0.05, 0.1) is 6.10 Å². The maximum atomic E-state index is 9.75. The molecule has 17 heavy (non-hydrogen) atoms. The first-order valence-electron chi connectivity index (χ1n) is 6.11. The molecule has 2 N–H and O–H groups in total. The zero-order valence-corrected chi connectivity index (χ0v) is 11.5. The van der Waals surface area contributed by atoms with Crippen molar-refractivity contribution in [1.82, 2.24) is 0 Å². The molecule has 0 spiro atoms. The fraction of sp³-hybridized carbons (Fsp3) is 0.571. The van der Waals surface area contributed by atoms with Gasteiger partial charge in [-0.25, -0.2) is 0 Å². The first-order valence-corrected chi connectivity index (χ1v) is 6.11. The van der Waals surface area contributed by atoms with E-state index in [0.717, 1.165) is 5.69 Å². The minimum absolute atomic E-state index is 0.279. The molecule has 0 aliphatic heterocycles. The van der Waals surface area contributed by atoms with Crippen LogP contribution in [0.2, 0.25) is 0 Å². The molecule has 0 saturated carbocycles. The molecule has 3 nitrogen and oxygen atoms in total. The Morgan fingerprint density at radius 2 is 1.94 bits per heavy atom. The average Bonchev–Trinajstić information content (AvgIpc) is 2.26. The molecular formula is C14H24N2O. The lowest BCUT2D eigenvalue weighted by molar-refractivity contribution is 0.138. The molecule has 1 rings (SSSR count). The molecule has 0 bridgehead atoms. The van der Waals surface area contributed by atoms with E-state index in [1.807, 2.05) is 27.9 Å². The summed E-state index contributed by atoms with van der Waals surface area (Å²) in [4.78, 5) is 2.10. The van der Waals surface area contributed by atoms with E-state index in [0.29, 0.717) is 6.54 Å². The number of benzene rings is 1. The van der Waals surface area contributed by atoms with E-state index in [2.05, 4.69) is 35.3 Å². The van der Waals surface area contributed by atoms with Gasteiger partial charge in [-0.2, -0.15) is 0 Å². The molecule has 0 amide bonds. The van der Waals surface area contributed by atoms with Gasteiger partial charge in [-0.1, -0.05) is 19.9 Å². The summed E-state index contributed by atoms with van der Waals surface area (Å²) in [5, 5.41) is 13.0. The second-order valence-corrected chi connectivity index (χ2v) is 5.09. The van der Waals surface area contributed by atoms with Crippen LogP contribution >= 0.6 is 0 Å². The first-order chi connectivity index (χ1) is 7.91. The normalized spacial score (nSPS) is 12.6. The summed E-state index contributed by atoms with van der Waals surface area (Å²) < 4.78 is 0. The maximum Gasteiger partial charge on any atom is 0.0735 e. The number of hydrogen-bond donors (Lipinski definition) is 2. The van der Waals surface area contributed by atoms with Gasteiger partial charge >= 0.3 is 0 Å². The smallest absolute Gasteiger partial charge is 0.0735 e. The van der Waals surface area contributed by atoms with Gasteiger partial charge in [0, 0.05) is 32.0 Å². The van der Waals surface area contributed by atoms with Crippen molar-refractivity contribution in [2.45, 2.75) is 26.9 Å². The minimum atomic E-state index is -0.306. The van der Waals surface area contributed by atoms with Gasteiger partial charge in [0.15, 0.2) is 0 Å². The second kappa shape index (κ2) is 5.92. The Bertz CT molecular complexity index is 361. The molecule has 96 valence electrons. The van der Waals surface area contributed by atoms with Crippen molar-refractivity contribution in [3.8, 4) is 0 Å². The molecule has 1 aromatic carbocycles. The van der Waals surface area contributed by atoms with Crippen LogP contribution < -0.4 is 10.2 Å². The summed E-state index contributed by atoms with van der Waals surface area (Å²) in [5.74, 6) is 0.279. The number of nitrogens with one attached hydrogen (secondary N) is 1. The summed E-state index contributed by atoms with van der Waals surface area (Å²) in [5.41, 5.74) is 3.51. The monoisotopic (exact) mass is 236 g/mol. The summed E-state index contributed by atoms with van der Waals surface area (Å²) in [6.07, 6.45) is -0.306. The molecule has 0 aliphatic carbocycles. The van der Waals surface area contributed by atoms with Crippen LogP contribution in [0.25, 0.3) is 0 Å². The Labute approximate surface area is 104 Å². The third-order valence-corrected chi connectivity index (χ3v) is 2.98. The first kappa shape index (κ1) is 13.8. The third-order valence-electron chi connectivity index (χ3n) is 2.98. The zero-order chi connectivity index (χ0) is 13.0. The molecule has 1 unspecified atom stereocenters. The molecule has 0 aliphatic rings. The lowest BCUT2D eigenvalue weighted by atomic mass is 10.1. The minimum Gasteiger partial charge on any atom is -0.391 e. The van der Waals surface area contributed by atoms with Gasteiger partial charge in [-0.05, 0) is 30.5 Å². The lowest BCUT2D eigenvalue weighted by Gasteiger charge is -2.19. The number of hydrogen-bond acceptors (Lipinski definition) is 3. The summed E-state index contributed by atoms with van der Waals surface area (Å²) >= 11 is 0. The lowest BCUT2D eigenvalue weighted by Crippen LogP contribution is -2.24. The van der Waals surface area contributed by atoms with Crippen molar-refractivity contribution >= 4 is 11.4 Å². The molecule has 0 aromatic heterocycles. The predicted molar refractivity (Wildman–Crippen MR) is 74.8 cm³/mol. The number of nitrogens with zero attached hydrogens (tertiary/aromatic N) is 1. The highest BCUT2D eigenvalue weighted by atomic mass is 16.3. The van der Waals surface area contributed by atoms with Crippen molar-refractivity contribution in [3.05, 3.63) is 23.8 Å². The van der Waals surface area contributed by atoms with Crippen LogP contribution in [0.4, 0.5) is 11.4 Å². The molecule has 1 atom stereocenters. The van der Waals surface area contributed by atoms with Crippen molar-refractivity contribution in [3.63, 3.8) is 0 Å². The Hall–Kier alpha value is -1.22. The SMILES string of the molecule is Cc1ccc(NCC(O)C(C)C)cc1N(C)C. The van der Waals surface area contributed by atoms with Gasteiger partial charge in [-0.15, -0.1) is 0 Å². The second-order valence-electron chi connectivity index (χ2n) is 5.09. The van der Waals surface area contributed by atoms with E-state index in [9.17, 15) is 5.11 Å². The van der Waals surface area contributed by atoms with Crippen LogP contribution in [-0.4, -0.2) is 31.9 Å². The van der Waals surface area contributed by atoms with Crippen LogP contribution in [0.15, 0.2) is 18.2 Å². The molecule has 0 radical (unpaired) electrons. The summed E-state index contributed by atoms with van der Waals surface area (Å²) in [6, 6.07) is 6.26. The van der Waals surface area contributed by atoms with Gasteiger partial charge < -0.3 is 15.3 Å². The topological polar surface area (TPSA) is 35.5 Å². The predicted octanol–water partition coefficient (Wildman–Crippen LogP) is 2.49. The molecule has 0 saturated heterocycles. The highest BCUT2D eigenvalue weighted by Crippen LogP contribution is 2.22. The van der Waals surface area contributed by atoms with E-state index in [4.69, 9.17) is 0 Å². The van der Waals surface area contributed by atoms with E-state index in [1.165, 1.54) is 11.3 Å². The van der Waals surface area contributed by atoms with Gasteiger partial charge in [0.25, 0.3) is 0 Å². The number of rotatable bonds is 5. The average molecular weight is 236 g/mol. The fourth-order valence-electron chi connectivity index (χ4n) is 1.66. The third kappa shape index (κ3) is 3.93. The van der Waals surface area contributed by atoms with Crippen LogP contribution in [0, 0.1) is 12.8 Å². The number of anilines is 2. The summed E-state index contributed by atoms with van der Waals surface area (Å²) in [6.45, 7) is 6.73. The van der Waals surface area contributed by atoms with Crippen LogP contribution in [0.3, 0.4) is 0 Å². The van der Waals surface area contributed by atoms with E-state index >= 15 is 0 Å². The van der Waals surface area contributed by atoms with Crippen molar-refractivity contribution in [2.24, 2.45) is 5.92 Å². The van der Waals surface area contributed by atoms with Gasteiger partial charge in [-0.3, -0.25) is 0 Å². The van der Waals surface area contributed by atoms with Crippen LogP contribution in [0.1, 0.15) is 19.4 Å². The summed E-state index contributed by atoms with van der Waals surface area (Å²) in [7, 11) is 4.07. The largest absolute Gasteiger partial charge is 0.391 e. The van der Waals surface area contributed by atoms with E-state index < -0.39 is 0 Å². The standard InChI is InChI=1S/C14H24N2O/c1-10(2)14(17)9-15-12-7-6-11(3)13(8-12)16(4)5/h6-8,10,14-15,17H,9H2,1-5H3. The highest BCUT2D eigenvalue weighted by Gasteiger charge is 2.09. The maximum absolute atomic E-state index is 9.75. The Kier molecular flexibility index (Phi) is 4.82. The van der Waals surface area contributed by atoms with Crippen molar-refractivity contribution in [1.29, 1.82) is 0 Å². The fourth-order valence-corrected chi connectivity index (χ4v) is 1.66.